The molecule has 0 radical (unpaired) electrons. The van der Waals surface area contributed by atoms with Gasteiger partial charge in [-0.2, -0.15) is 0 Å². The molecule has 2 aromatic carbocycles. The van der Waals surface area contributed by atoms with Crippen LogP contribution < -0.4 is 0 Å². The average Bonchev–Trinajstić information content (AvgIpc) is 2.99. The Kier molecular flexibility index (Phi) is 4.24. The summed E-state index contributed by atoms with van der Waals surface area (Å²) in [6.45, 7) is 4.44. The highest BCUT2D eigenvalue weighted by Gasteiger charge is 2.33. The third-order valence-corrected chi connectivity index (χ3v) is 5.32. The summed E-state index contributed by atoms with van der Waals surface area (Å²) in [6, 6.07) is 14.5. The molecule has 0 unspecified atom stereocenters. The van der Waals surface area contributed by atoms with Crippen LogP contribution >= 0.6 is 0 Å². The third kappa shape index (κ3) is 2.88. The molecule has 5 nitrogen and oxygen atoms in total. The number of likely N-dealkylation sites (tertiary alicyclic amines) is 1. The number of carbonyl (C=O) groups excluding carboxylic acids is 1. The minimum Gasteiger partial charge on any atom is -0.391 e. The van der Waals surface area contributed by atoms with Crippen molar-refractivity contribution in [3.63, 3.8) is 0 Å². The van der Waals surface area contributed by atoms with Gasteiger partial charge < -0.3 is 14.5 Å². The van der Waals surface area contributed by atoms with E-state index in [2.05, 4.69) is 35.5 Å². The molecule has 1 saturated heterocycles. The minimum absolute atomic E-state index is 0.0355. The van der Waals surface area contributed by atoms with Crippen LogP contribution in [-0.2, 0) is 0 Å². The number of piperidine rings is 1. The summed E-state index contributed by atoms with van der Waals surface area (Å²) >= 11 is 0. The monoisotopic (exact) mass is 350 g/mol. The zero-order valence-electron chi connectivity index (χ0n) is 15.0. The van der Waals surface area contributed by atoms with Crippen LogP contribution in [0, 0.1) is 13.8 Å². The van der Waals surface area contributed by atoms with Gasteiger partial charge in [0.25, 0.3) is 5.91 Å². The standard InChI is InChI=1S/C21H22N2O3/c1-13-20(14(2)26-22-13)21(25)23-10-9-18(19(24)12-23)17-8-7-15-5-3-4-6-16(15)11-17/h3-8,11,18-19,24H,9-10,12H2,1-2H3/t18-,19+/m0/s1. The number of aromatic nitrogens is 1. The third-order valence-electron chi connectivity index (χ3n) is 5.32. The van der Waals surface area contributed by atoms with Crippen molar-refractivity contribution in [1.29, 1.82) is 0 Å². The number of nitrogens with zero attached hydrogens (tertiary/aromatic N) is 2. The van der Waals surface area contributed by atoms with Gasteiger partial charge in [-0.25, -0.2) is 0 Å². The van der Waals surface area contributed by atoms with E-state index in [-0.39, 0.29) is 11.8 Å². The van der Waals surface area contributed by atoms with Gasteiger partial charge in [0.15, 0.2) is 0 Å². The Balaban J connectivity index is 1.53. The number of aliphatic hydroxyl groups is 1. The molecule has 0 aliphatic carbocycles. The number of hydrogen-bond donors (Lipinski definition) is 1. The zero-order valence-corrected chi connectivity index (χ0v) is 15.0. The molecule has 5 heteroatoms. The second-order valence-corrected chi connectivity index (χ2v) is 7.02. The van der Waals surface area contributed by atoms with E-state index in [1.807, 2.05) is 12.1 Å². The molecular formula is C21H22N2O3. The predicted molar refractivity (Wildman–Crippen MR) is 99.2 cm³/mol. The Morgan fingerprint density at radius 2 is 1.96 bits per heavy atom. The normalized spacial score (nSPS) is 20.5. The summed E-state index contributed by atoms with van der Waals surface area (Å²) in [5.41, 5.74) is 2.24. The van der Waals surface area contributed by atoms with Crippen LogP contribution in [0.15, 0.2) is 47.0 Å². The first-order chi connectivity index (χ1) is 12.5. The number of fused-ring (bicyclic) bond motifs is 1. The van der Waals surface area contributed by atoms with Crippen molar-refractivity contribution < 1.29 is 14.4 Å². The van der Waals surface area contributed by atoms with Crippen LogP contribution in [0.4, 0.5) is 0 Å². The zero-order chi connectivity index (χ0) is 18.3. The molecule has 0 bridgehead atoms. The topological polar surface area (TPSA) is 66.6 Å². The molecule has 2 atom stereocenters. The van der Waals surface area contributed by atoms with Crippen molar-refractivity contribution in [2.75, 3.05) is 13.1 Å². The van der Waals surface area contributed by atoms with Gasteiger partial charge in [-0.05, 0) is 36.6 Å². The second-order valence-electron chi connectivity index (χ2n) is 7.02. The maximum atomic E-state index is 12.8. The van der Waals surface area contributed by atoms with Crippen molar-refractivity contribution in [2.24, 2.45) is 0 Å². The number of amides is 1. The maximum Gasteiger partial charge on any atom is 0.259 e. The van der Waals surface area contributed by atoms with Gasteiger partial charge in [0.2, 0.25) is 0 Å². The lowest BCUT2D eigenvalue weighted by atomic mass is 9.86. The van der Waals surface area contributed by atoms with Crippen LogP contribution in [0.1, 0.15) is 39.7 Å². The van der Waals surface area contributed by atoms with Gasteiger partial charge in [0, 0.05) is 19.0 Å². The van der Waals surface area contributed by atoms with Gasteiger partial charge >= 0.3 is 0 Å². The van der Waals surface area contributed by atoms with E-state index < -0.39 is 6.10 Å². The smallest absolute Gasteiger partial charge is 0.259 e. The molecule has 134 valence electrons. The first kappa shape index (κ1) is 16.8. The van der Waals surface area contributed by atoms with E-state index in [1.54, 1.807) is 18.7 Å². The van der Waals surface area contributed by atoms with E-state index in [4.69, 9.17) is 4.52 Å². The van der Waals surface area contributed by atoms with E-state index in [0.717, 1.165) is 12.0 Å². The van der Waals surface area contributed by atoms with Crippen molar-refractivity contribution in [3.05, 3.63) is 65.0 Å². The number of aliphatic hydroxyl groups excluding tert-OH is 1. The fourth-order valence-corrected chi connectivity index (χ4v) is 3.89. The Morgan fingerprint density at radius 1 is 1.19 bits per heavy atom. The van der Waals surface area contributed by atoms with Crippen molar-refractivity contribution in [2.45, 2.75) is 32.3 Å². The van der Waals surface area contributed by atoms with E-state index in [1.165, 1.54) is 10.8 Å². The molecule has 1 aromatic heterocycles. The maximum absolute atomic E-state index is 12.8. The quantitative estimate of drug-likeness (QED) is 0.769. The summed E-state index contributed by atoms with van der Waals surface area (Å²) in [7, 11) is 0. The first-order valence-electron chi connectivity index (χ1n) is 8.93. The first-order valence-corrected chi connectivity index (χ1v) is 8.93. The van der Waals surface area contributed by atoms with Gasteiger partial charge in [-0.3, -0.25) is 4.79 Å². The number of benzene rings is 2. The summed E-state index contributed by atoms with van der Waals surface area (Å²) in [4.78, 5) is 14.5. The van der Waals surface area contributed by atoms with E-state index >= 15 is 0 Å². The van der Waals surface area contributed by atoms with Crippen molar-refractivity contribution in [1.82, 2.24) is 10.1 Å². The molecule has 0 spiro atoms. The molecule has 1 aliphatic heterocycles. The average molecular weight is 350 g/mol. The predicted octanol–water partition coefficient (Wildman–Crippen LogP) is 3.44. The Bertz CT molecular complexity index is 943. The second kappa shape index (κ2) is 6.57. The van der Waals surface area contributed by atoms with Crippen molar-refractivity contribution in [3.8, 4) is 0 Å². The fourth-order valence-electron chi connectivity index (χ4n) is 3.89. The van der Waals surface area contributed by atoms with Crippen LogP contribution in [0.2, 0.25) is 0 Å². The lowest BCUT2D eigenvalue weighted by Crippen LogP contribution is -2.46. The molecule has 0 saturated carbocycles. The van der Waals surface area contributed by atoms with Gasteiger partial charge in [-0.15, -0.1) is 0 Å². The van der Waals surface area contributed by atoms with Crippen LogP contribution in [0.5, 0.6) is 0 Å². The van der Waals surface area contributed by atoms with E-state index in [9.17, 15) is 9.90 Å². The molecule has 2 heterocycles. The summed E-state index contributed by atoms with van der Waals surface area (Å²) < 4.78 is 5.11. The highest BCUT2D eigenvalue weighted by molar-refractivity contribution is 5.96. The highest BCUT2D eigenvalue weighted by atomic mass is 16.5. The lowest BCUT2D eigenvalue weighted by molar-refractivity contribution is 0.0380. The molecule has 4 rings (SSSR count). The molecule has 1 amide bonds. The molecule has 3 aromatic rings. The number of hydrogen-bond acceptors (Lipinski definition) is 4. The molecule has 26 heavy (non-hydrogen) atoms. The SMILES string of the molecule is Cc1noc(C)c1C(=O)N1CC[C@@H](c2ccc3ccccc3c2)[C@H](O)C1. The van der Waals surface area contributed by atoms with Crippen LogP contribution in [0.25, 0.3) is 10.8 Å². The highest BCUT2D eigenvalue weighted by Crippen LogP contribution is 2.31. The largest absolute Gasteiger partial charge is 0.391 e. The number of β-amino-alcohol motifs (C(OH)–C–C–N with tert-alkyl or cyclic N) is 1. The van der Waals surface area contributed by atoms with Gasteiger partial charge in [0.05, 0.1) is 11.8 Å². The van der Waals surface area contributed by atoms with Gasteiger partial charge in [-0.1, -0.05) is 47.6 Å². The Hall–Kier alpha value is -2.66. The number of rotatable bonds is 2. The minimum atomic E-state index is -0.589. The number of aryl methyl sites for hydroxylation is 2. The summed E-state index contributed by atoms with van der Waals surface area (Å²) in [6.07, 6.45) is 0.142. The molecular weight excluding hydrogens is 328 g/mol. The molecule has 1 fully saturated rings. The van der Waals surface area contributed by atoms with Crippen LogP contribution in [-0.4, -0.2) is 40.3 Å². The van der Waals surface area contributed by atoms with Crippen LogP contribution in [0.3, 0.4) is 0 Å². The van der Waals surface area contributed by atoms with E-state index in [0.29, 0.717) is 30.1 Å². The summed E-state index contributed by atoms with van der Waals surface area (Å²) in [5.74, 6) is 0.448. The summed E-state index contributed by atoms with van der Waals surface area (Å²) in [5, 5.41) is 16.9. The Morgan fingerprint density at radius 3 is 2.65 bits per heavy atom. The lowest BCUT2D eigenvalue weighted by Gasteiger charge is -2.36. The van der Waals surface area contributed by atoms with Crippen molar-refractivity contribution >= 4 is 16.7 Å². The molecule has 1 aliphatic rings. The Labute approximate surface area is 152 Å². The number of carbonyl (C=O) groups is 1. The fraction of sp³-hybridized carbons (Fsp3) is 0.333. The van der Waals surface area contributed by atoms with Gasteiger partial charge in [0.1, 0.15) is 11.3 Å². The molecule has 1 N–H and O–H groups in total.